The third kappa shape index (κ3) is 4.41. The lowest BCUT2D eigenvalue weighted by Gasteiger charge is -2.07. The summed E-state index contributed by atoms with van der Waals surface area (Å²) < 4.78 is 5.00. The summed E-state index contributed by atoms with van der Waals surface area (Å²) in [5.74, 6) is -0.400. The Morgan fingerprint density at radius 1 is 1.09 bits per heavy atom. The molecule has 0 unspecified atom stereocenters. The number of rotatable bonds is 5. The predicted molar refractivity (Wildman–Crippen MR) is 85.3 cm³/mol. The van der Waals surface area contributed by atoms with Crippen molar-refractivity contribution in [3.8, 4) is 23.0 Å². The van der Waals surface area contributed by atoms with Crippen molar-refractivity contribution in [1.82, 2.24) is 5.32 Å². The molecule has 0 fully saturated rings. The van der Waals surface area contributed by atoms with Crippen molar-refractivity contribution in [2.24, 2.45) is 0 Å². The Morgan fingerprint density at radius 3 is 2.52 bits per heavy atom. The molecule has 4 N–H and O–H groups in total. The number of hydrogen-bond acceptors (Lipinski definition) is 5. The number of phenolic OH excluding ortho intramolecular Hbond substituents is 3. The molecule has 0 saturated carbocycles. The second-order valence-corrected chi connectivity index (χ2v) is 4.81. The van der Waals surface area contributed by atoms with Gasteiger partial charge in [-0.25, -0.2) is 0 Å². The molecule has 0 saturated heterocycles. The molecule has 0 atom stereocenters. The van der Waals surface area contributed by atoms with E-state index < -0.39 is 0 Å². The van der Waals surface area contributed by atoms with Crippen LogP contribution in [0.2, 0.25) is 0 Å². The van der Waals surface area contributed by atoms with Crippen molar-refractivity contribution in [2.45, 2.75) is 6.54 Å². The molecule has 0 spiro atoms. The SMILES string of the molecule is COc1cc(CNC(=O)C=Cc2ccc(O)c(O)c2)ccc1O. The van der Waals surface area contributed by atoms with Gasteiger partial charge < -0.3 is 25.4 Å². The Balaban J connectivity index is 1.94. The summed E-state index contributed by atoms with van der Waals surface area (Å²) in [5, 5.41) is 30.8. The van der Waals surface area contributed by atoms with Gasteiger partial charge in [-0.3, -0.25) is 4.79 Å². The summed E-state index contributed by atoms with van der Waals surface area (Å²) in [6.45, 7) is 0.278. The second-order valence-electron chi connectivity index (χ2n) is 4.81. The molecule has 0 aliphatic heterocycles. The normalized spacial score (nSPS) is 10.7. The van der Waals surface area contributed by atoms with Crippen LogP contribution in [0.4, 0.5) is 0 Å². The minimum Gasteiger partial charge on any atom is -0.504 e. The van der Waals surface area contributed by atoms with E-state index in [0.717, 1.165) is 5.56 Å². The average Bonchev–Trinajstić information content (AvgIpc) is 2.55. The maximum Gasteiger partial charge on any atom is 0.244 e. The fourth-order valence-electron chi connectivity index (χ4n) is 1.90. The summed E-state index contributed by atoms with van der Waals surface area (Å²) in [6.07, 6.45) is 2.84. The first-order valence-electron chi connectivity index (χ1n) is 6.83. The molecule has 1 amide bonds. The molecule has 23 heavy (non-hydrogen) atoms. The molecule has 2 rings (SSSR count). The molecule has 6 nitrogen and oxygen atoms in total. The molecule has 2 aromatic carbocycles. The van der Waals surface area contributed by atoms with Crippen LogP contribution in [-0.2, 0) is 11.3 Å². The number of ether oxygens (including phenoxy) is 1. The van der Waals surface area contributed by atoms with E-state index in [9.17, 15) is 20.1 Å². The van der Waals surface area contributed by atoms with Crippen LogP contribution in [0.1, 0.15) is 11.1 Å². The molecule has 0 aliphatic carbocycles. The minimum absolute atomic E-state index is 0.0367. The van der Waals surface area contributed by atoms with E-state index in [4.69, 9.17) is 4.74 Å². The van der Waals surface area contributed by atoms with Crippen molar-refractivity contribution in [2.75, 3.05) is 7.11 Å². The van der Waals surface area contributed by atoms with Gasteiger partial charge >= 0.3 is 0 Å². The van der Waals surface area contributed by atoms with Crippen LogP contribution < -0.4 is 10.1 Å². The summed E-state index contributed by atoms with van der Waals surface area (Å²) in [6, 6.07) is 9.08. The lowest BCUT2D eigenvalue weighted by atomic mass is 10.2. The predicted octanol–water partition coefficient (Wildman–Crippen LogP) is 2.14. The Bertz CT molecular complexity index is 740. The fraction of sp³-hybridized carbons (Fsp3) is 0.118. The monoisotopic (exact) mass is 315 g/mol. The topological polar surface area (TPSA) is 99.0 Å². The van der Waals surface area contributed by atoms with Crippen LogP contribution in [0.15, 0.2) is 42.5 Å². The van der Waals surface area contributed by atoms with Gasteiger partial charge in [-0.2, -0.15) is 0 Å². The number of amides is 1. The highest BCUT2D eigenvalue weighted by molar-refractivity contribution is 5.91. The Kier molecular flexibility index (Phi) is 5.09. The molecule has 0 heterocycles. The van der Waals surface area contributed by atoms with E-state index in [2.05, 4.69) is 5.32 Å². The summed E-state index contributed by atoms with van der Waals surface area (Å²) in [7, 11) is 1.45. The Hall–Kier alpha value is -3.15. The lowest BCUT2D eigenvalue weighted by Crippen LogP contribution is -2.20. The zero-order valence-corrected chi connectivity index (χ0v) is 12.5. The first kappa shape index (κ1) is 16.2. The molecular formula is C17H17NO5. The number of hydrogen-bond donors (Lipinski definition) is 4. The summed E-state index contributed by atoms with van der Waals surface area (Å²) in [4.78, 5) is 11.8. The van der Waals surface area contributed by atoms with Crippen molar-refractivity contribution in [3.63, 3.8) is 0 Å². The maximum absolute atomic E-state index is 11.8. The number of methoxy groups -OCH3 is 1. The van der Waals surface area contributed by atoms with Crippen LogP contribution in [-0.4, -0.2) is 28.3 Å². The summed E-state index contributed by atoms with van der Waals surface area (Å²) in [5.41, 5.74) is 1.37. The first-order chi connectivity index (χ1) is 11.0. The van der Waals surface area contributed by atoms with Crippen LogP contribution in [0, 0.1) is 0 Å². The van der Waals surface area contributed by atoms with Gasteiger partial charge in [0, 0.05) is 12.6 Å². The molecule has 0 aliphatic rings. The fourth-order valence-corrected chi connectivity index (χ4v) is 1.90. The number of aromatic hydroxyl groups is 3. The number of benzene rings is 2. The van der Waals surface area contributed by atoms with Crippen molar-refractivity contribution >= 4 is 12.0 Å². The van der Waals surface area contributed by atoms with Gasteiger partial charge in [0.05, 0.1) is 7.11 Å². The third-order valence-corrected chi connectivity index (χ3v) is 3.14. The standard InChI is InChI=1S/C17H17NO5/c1-23-16-9-12(3-6-14(16)20)10-18-17(22)7-4-11-2-5-13(19)15(21)8-11/h2-9,19-21H,10H2,1H3,(H,18,22). The molecule has 0 radical (unpaired) electrons. The quantitative estimate of drug-likeness (QED) is 0.500. The molecule has 6 heteroatoms. The van der Waals surface area contributed by atoms with Crippen molar-refractivity contribution < 1.29 is 24.9 Å². The zero-order valence-electron chi connectivity index (χ0n) is 12.5. The molecule has 0 bridgehead atoms. The van der Waals surface area contributed by atoms with E-state index in [1.165, 1.54) is 37.5 Å². The van der Waals surface area contributed by atoms with Gasteiger partial charge in [-0.05, 0) is 41.5 Å². The molecule has 2 aromatic rings. The van der Waals surface area contributed by atoms with Gasteiger partial charge in [-0.15, -0.1) is 0 Å². The van der Waals surface area contributed by atoms with Gasteiger partial charge in [-0.1, -0.05) is 12.1 Å². The van der Waals surface area contributed by atoms with Crippen LogP contribution in [0.3, 0.4) is 0 Å². The third-order valence-electron chi connectivity index (χ3n) is 3.14. The second kappa shape index (κ2) is 7.22. The van der Waals surface area contributed by atoms with Crippen LogP contribution in [0.25, 0.3) is 6.08 Å². The number of carbonyl (C=O) groups excluding carboxylic acids is 1. The van der Waals surface area contributed by atoms with Crippen LogP contribution >= 0.6 is 0 Å². The van der Waals surface area contributed by atoms with Gasteiger partial charge in [0.1, 0.15) is 0 Å². The zero-order chi connectivity index (χ0) is 16.8. The van der Waals surface area contributed by atoms with Gasteiger partial charge in [0.25, 0.3) is 0 Å². The first-order valence-corrected chi connectivity index (χ1v) is 6.83. The molecule has 0 aromatic heterocycles. The highest BCUT2D eigenvalue weighted by Crippen LogP contribution is 2.26. The number of carbonyl (C=O) groups is 1. The van der Waals surface area contributed by atoms with E-state index >= 15 is 0 Å². The Labute approximate surface area is 133 Å². The van der Waals surface area contributed by atoms with E-state index in [-0.39, 0.29) is 29.7 Å². The van der Waals surface area contributed by atoms with E-state index in [1.54, 1.807) is 18.2 Å². The summed E-state index contributed by atoms with van der Waals surface area (Å²) >= 11 is 0. The van der Waals surface area contributed by atoms with Gasteiger partial charge in [0.15, 0.2) is 23.0 Å². The van der Waals surface area contributed by atoms with Crippen LogP contribution in [0.5, 0.6) is 23.0 Å². The molecular weight excluding hydrogens is 298 g/mol. The van der Waals surface area contributed by atoms with Crippen molar-refractivity contribution in [3.05, 3.63) is 53.6 Å². The van der Waals surface area contributed by atoms with E-state index in [1.807, 2.05) is 0 Å². The lowest BCUT2D eigenvalue weighted by molar-refractivity contribution is -0.116. The maximum atomic E-state index is 11.8. The smallest absolute Gasteiger partial charge is 0.244 e. The highest BCUT2D eigenvalue weighted by Gasteiger charge is 2.04. The average molecular weight is 315 g/mol. The number of nitrogens with one attached hydrogen (secondary N) is 1. The van der Waals surface area contributed by atoms with Gasteiger partial charge in [0.2, 0.25) is 5.91 Å². The molecule has 120 valence electrons. The minimum atomic E-state index is -0.315. The highest BCUT2D eigenvalue weighted by atomic mass is 16.5. The largest absolute Gasteiger partial charge is 0.504 e. The number of phenols is 3. The van der Waals surface area contributed by atoms with E-state index in [0.29, 0.717) is 11.3 Å². The van der Waals surface area contributed by atoms with Crippen molar-refractivity contribution in [1.29, 1.82) is 0 Å². The Morgan fingerprint density at radius 2 is 1.83 bits per heavy atom.